The van der Waals surface area contributed by atoms with Crippen molar-refractivity contribution in [2.45, 2.75) is 40.5 Å². The maximum absolute atomic E-state index is 11.8. The first-order valence-corrected chi connectivity index (χ1v) is 6.29. The summed E-state index contributed by atoms with van der Waals surface area (Å²) in [6, 6.07) is 0. The van der Waals surface area contributed by atoms with Crippen molar-refractivity contribution in [3.8, 4) is 0 Å². The third kappa shape index (κ3) is 5.71. The van der Waals surface area contributed by atoms with E-state index < -0.39 is 0 Å². The summed E-state index contributed by atoms with van der Waals surface area (Å²) in [6.45, 7) is 8.50. The van der Waals surface area contributed by atoms with Crippen LogP contribution in [-0.4, -0.2) is 25.5 Å². The molecule has 4 nitrogen and oxygen atoms in total. The third-order valence-corrected chi connectivity index (χ3v) is 2.80. The molecule has 4 heteroatoms. The maximum atomic E-state index is 11.8. The van der Waals surface area contributed by atoms with Crippen molar-refractivity contribution < 1.29 is 14.3 Å². The molecule has 2 unspecified atom stereocenters. The van der Waals surface area contributed by atoms with Crippen molar-refractivity contribution in [3.05, 3.63) is 0 Å². The van der Waals surface area contributed by atoms with Crippen LogP contribution in [-0.2, 0) is 14.3 Å². The number of ether oxygens (including phenoxy) is 1. The Morgan fingerprint density at radius 2 is 1.82 bits per heavy atom. The van der Waals surface area contributed by atoms with Crippen molar-refractivity contribution >= 4 is 11.9 Å². The van der Waals surface area contributed by atoms with Gasteiger partial charge < -0.3 is 10.1 Å². The van der Waals surface area contributed by atoms with E-state index in [4.69, 9.17) is 4.74 Å². The highest BCUT2D eigenvalue weighted by atomic mass is 16.5. The van der Waals surface area contributed by atoms with Gasteiger partial charge in [-0.05, 0) is 18.8 Å². The molecule has 0 aromatic rings. The van der Waals surface area contributed by atoms with Crippen LogP contribution in [0.15, 0.2) is 0 Å². The lowest BCUT2D eigenvalue weighted by Crippen LogP contribution is -2.37. The van der Waals surface area contributed by atoms with Gasteiger partial charge in [0, 0.05) is 12.5 Å². The molecule has 0 aliphatic heterocycles. The molecule has 0 fully saturated rings. The van der Waals surface area contributed by atoms with Gasteiger partial charge in [-0.2, -0.15) is 0 Å². The Hall–Kier alpha value is -1.06. The predicted octanol–water partition coefficient (Wildman–Crippen LogP) is 1.98. The highest BCUT2D eigenvalue weighted by Gasteiger charge is 2.31. The zero-order valence-electron chi connectivity index (χ0n) is 11.6. The minimum Gasteiger partial charge on any atom is -0.469 e. The van der Waals surface area contributed by atoms with E-state index in [2.05, 4.69) is 5.32 Å². The van der Waals surface area contributed by atoms with Gasteiger partial charge in [0.1, 0.15) is 0 Å². The molecule has 1 N–H and O–H groups in total. The van der Waals surface area contributed by atoms with Crippen molar-refractivity contribution in [2.75, 3.05) is 13.7 Å². The molecule has 100 valence electrons. The van der Waals surface area contributed by atoms with Gasteiger partial charge in [-0.25, -0.2) is 0 Å². The largest absolute Gasteiger partial charge is 0.469 e. The fourth-order valence-corrected chi connectivity index (χ4v) is 1.76. The fraction of sp³-hybridized carbons (Fsp3) is 0.846. The van der Waals surface area contributed by atoms with Gasteiger partial charge in [0.25, 0.3) is 0 Å². The van der Waals surface area contributed by atoms with E-state index in [9.17, 15) is 9.59 Å². The first kappa shape index (κ1) is 15.9. The molecule has 0 aliphatic rings. The van der Waals surface area contributed by atoms with Crippen LogP contribution in [0.5, 0.6) is 0 Å². The van der Waals surface area contributed by atoms with Crippen LogP contribution in [0.2, 0.25) is 0 Å². The van der Waals surface area contributed by atoms with Gasteiger partial charge in [0.2, 0.25) is 5.91 Å². The summed E-state index contributed by atoms with van der Waals surface area (Å²) in [4.78, 5) is 23.5. The monoisotopic (exact) mass is 243 g/mol. The lowest BCUT2D eigenvalue weighted by Gasteiger charge is -2.22. The molecule has 1 amide bonds. The number of amides is 1. The smallest absolute Gasteiger partial charge is 0.309 e. The molecular formula is C13H25NO3. The summed E-state index contributed by atoms with van der Waals surface area (Å²) >= 11 is 0. The Morgan fingerprint density at radius 1 is 1.24 bits per heavy atom. The molecule has 0 heterocycles. The van der Waals surface area contributed by atoms with Crippen LogP contribution in [0.3, 0.4) is 0 Å². The van der Waals surface area contributed by atoms with E-state index in [0.29, 0.717) is 18.9 Å². The lowest BCUT2D eigenvalue weighted by atomic mass is 9.86. The van der Waals surface area contributed by atoms with Crippen molar-refractivity contribution in [1.29, 1.82) is 0 Å². The summed E-state index contributed by atoms with van der Waals surface area (Å²) in [5, 5.41) is 2.82. The standard InChI is InChI=1S/C13H25NO3/c1-6-7-14-12(15)10(4)11(8-9(2)3)13(16)17-5/h9-11H,6-8H2,1-5H3,(H,14,15). The van der Waals surface area contributed by atoms with Crippen LogP contribution < -0.4 is 5.32 Å². The highest BCUT2D eigenvalue weighted by Crippen LogP contribution is 2.22. The van der Waals surface area contributed by atoms with Crippen LogP contribution in [0.4, 0.5) is 0 Å². The molecule has 0 saturated carbocycles. The zero-order valence-corrected chi connectivity index (χ0v) is 11.6. The van der Waals surface area contributed by atoms with E-state index in [1.165, 1.54) is 7.11 Å². The number of hydrogen-bond donors (Lipinski definition) is 1. The van der Waals surface area contributed by atoms with Gasteiger partial charge in [0.15, 0.2) is 0 Å². The number of rotatable bonds is 7. The summed E-state index contributed by atoms with van der Waals surface area (Å²) in [5.41, 5.74) is 0. The first-order valence-electron chi connectivity index (χ1n) is 6.29. The molecule has 0 rings (SSSR count). The molecule has 0 radical (unpaired) electrons. The minimum absolute atomic E-state index is 0.0668. The number of esters is 1. The Bertz CT molecular complexity index is 251. The average Bonchev–Trinajstić information content (AvgIpc) is 2.30. The number of hydrogen-bond acceptors (Lipinski definition) is 3. The summed E-state index contributed by atoms with van der Waals surface area (Å²) in [6.07, 6.45) is 1.57. The van der Waals surface area contributed by atoms with Crippen LogP contribution >= 0.6 is 0 Å². The van der Waals surface area contributed by atoms with E-state index in [1.807, 2.05) is 20.8 Å². The molecule has 17 heavy (non-hydrogen) atoms. The Kier molecular flexibility index (Phi) is 7.59. The van der Waals surface area contributed by atoms with Gasteiger partial charge >= 0.3 is 5.97 Å². The predicted molar refractivity (Wildman–Crippen MR) is 67.4 cm³/mol. The van der Waals surface area contributed by atoms with Crippen LogP contribution in [0, 0.1) is 17.8 Å². The van der Waals surface area contributed by atoms with Crippen molar-refractivity contribution in [3.63, 3.8) is 0 Å². The molecule has 0 spiro atoms. The molecule has 0 bridgehead atoms. The second-order valence-electron chi connectivity index (χ2n) is 4.84. The van der Waals surface area contributed by atoms with Gasteiger partial charge in [-0.3, -0.25) is 9.59 Å². The summed E-state index contributed by atoms with van der Waals surface area (Å²) in [7, 11) is 1.37. The molecule has 2 atom stereocenters. The zero-order chi connectivity index (χ0) is 13.4. The van der Waals surface area contributed by atoms with Crippen LogP contribution in [0.25, 0.3) is 0 Å². The summed E-state index contributed by atoms with van der Waals surface area (Å²) in [5.74, 6) is -0.686. The molecular weight excluding hydrogens is 218 g/mol. The molecule has 0 aromatic carbocycles. The van der Waals surface area contributed by atoms with E-state index in [0.717, 1.165) is 6.42 Å². The molecule has 0 aliphatic carbocycles. The number of carbonyl (C=O) groups is 2. The normalized spacial score (nSPS) is 14.2. The van der Waals surface area contributed by atoms with Gasteiger partial charge in [-0.1, -0.05) is 27.7 Å². The van der Waals surface area contributed by atoms with Crippen molar-refractivity contribution in [2.24, 2.45) is 17.8 Å². The van der Waals surface area contributed by atoms with Crippen molar-refractivity contribution in [1.82, 2.24) is 5.32 Å². The minimum atomic E-state index is -0.350. The van der Waals surface area contributed by atoms with E-state index >= 15 is 0 Å². The average molecular weight is 243 g/mol. The highest BCUT2D eigenvalue weighted by molar-refractivity contribution is 5.84. The Balaban J connectivity index is 4.56. The third-order valence-electron chi connectivity index (χ3n) is 2.80. The van der Waals surface area contributed by atoms with Gasteiger partial charge in [-0.15, -0.1) is 0 Å². The second-order valence-corrected chi connectivity index (χ2v) is 4.84. The number of nitrogens with one attached hydrogen (secondary N) is 1. The lowest BCUT2D eigenvalue weighted by molar-refractivity contribution is -0.150. The maximum Gasteiger partial charge on any atom is 0.309 e. The molecule has 0 aromatic heterocycles. The Morgan fingerprint density at radius 3 is 2.24 bits per heavy atom. The quantitative estimate of drug-likeness (QED) is 0.696. The SMILES string of the molecule is CCCNC(=O)C(C)C(CC(C)C)C(=O)OC. The second kappa shape index (κ2) is 8.09. The summed E-state index contributed by atoms with van der Waals surface area (Å²) < 4.78 is 4.77. The van der Waals surface area contributed by atoms with Gasteiger partial charge in [0.05, 0.1) is 13.0 Å². The topological polar surface area (TPSA) is 55.4 Å². The van der Waals surface area contributed by atoms with E-state index in [1.54, 1.807) is 6.92 Å². The number of carbonyl (C=O) groups excluding carboxylic acids is 2. The molecule has 0 saturated heterocycles. The van der Waals surface area contributed by atoms with Crippen LogP contribution in [0.1, 0.15) is 40.5 Å². The number of methoxy groups -OCH3 is 1. The Labute approximate surface area is 104 Å². The first-order chi connectivity index (χ1) is 7.93. The fourth-order valence-electron chi connectivity index (χ4n) is 1.76. The van der Waals surface area contributed by atoms with E-state index in [-0.39, 0.29) is 23.7 Å².